The molecule has 0 aliphatic rings. The molecule has 0 radical (unpaired) electrons. The first-order valence-electron chi connectivity index (χ1n) is 7.06. The molecule has 0 aromatic heterocycles. The molecule has 0 N–H and O–H groups in total. The van der Waals surface area contributed by atoms with Gasteiger partial charge in [0.15, 0.2) is 0 Å². The number of benzene rings is 1. The average molecular weight is 301 g/mol. The van der Waals surface area contributed by atoms with Gasteiger partial charge >= 0.3 is 11.9 Å². The Balaban J connectivity index is 2.89. The largest absolute Gasteiger partial charge is 0.462 e. The molecule has 0 spiro atoms. The minimum atomic E-state index is -0.674. The number of carbonyl (C=O) groups is 2. The van der Waals surface area contributed by atoms with E-state index in [0.29, 0.717) is 17.7 Å². The van der Waals surface area contributed by atoms with Gasteiger partial charge in [-0.05, 0) is 36.6 Å². The molecule has 0 heterocycles. The van der Waals surface area contributed by atoms with Crippen LogP contribution in [-0.2, 0) is 14.3 Å². The van der Waals surface area contributed by atoms with Gasteiger partial charge in [0.25, 0.3) is 0 Å². The van der Waals surface area contributed by atoms with Crippen LogP contribution in [0.25, 0.3) is 6.08 Å². The Labute approximate surface area is 130 Å². The molecule has 22 heavy (non-hydrogen) atoms. The zero-order chi connectivity index (χ0) is 16.5. The summed E-state index contributed by atoms with van der Waals surface area (Å²) in [6.45, 7) is 5.73. The third-order valence-electron chi connectivity index (χ3n) is 2.59. The Morgan fingerprint density at radius 1 is 1.36 bits per heavy atom. The Hall–Kier alpha value is -2.61. The third kappa shape index (κ3) is 5.80. The summed E-state index contributed by atoms with van der Waals surface area (Å²) in [5, 5.41) is 8.99. The first kappa shape index (κ1) is 17.4. The maximum Gasteiger partial charge on any atom is 0.348 e. The molecule has 0 saturated heterocycles. The van der Waals surface area contributed by atoms with Crippen LogP contribution in [0.2, 0.25) is 0 Å². The summed E-state index contributed by atoms with van der Waals surface area (Å²) in [6.07, 6.45) is 1.73. The first-order valence-corrected chi connectivity index (χ1v) is 7.06. The standard InChI is InChI=1S/C17H19NO4/c1-4-21-17(20)14(11-18)9-13-6-5-7-15(10-13)22-16(19)8-12(2)3/h5-7,9-10,12H,4,8H2,1-3H3/b14-9+. The van der Waals surface area contributed by atoms with E-state index in [0.717, 1.165) is 0 Å². The highest BCUT2D eigenvalue weighted by Crippen LogP contribution is 2.17. The van der Waals surface area contributed by atoms with E-state index in [2.05, 4.69) is 0 Å². The van der Waals surface area contributed by atoms with Crippen molar-refractivity contribution in [1.82, 2.24) is 0 Å². The molecule has 0 amide bonds. The predicted molar refractivity (Wildman–Crippen MR) is 81.8 cm³/mol. The molecule has 0 atom stereocenters. The van der Waals surface area contributed by atoms with E-state index < -0.39 is 5.97 Å². The Bertz CT molecular complexity index is 611. The van der Waals surface area contributed by atoms with Gasteiger partial charge in [0.1, 0.15) is 17.4 Å². The van der Waals surface area contributed by atoms with E-state index >= 15 is 0 Å². The summed E-state index contributed by atoms with van der Waals surface area (Å²) < 4.78 is 10.0. The molecule has 0 fully saturated rings. The van der Waals surface area contributed by atoms with Gasteiger partial charge in [0.2, 0.25) is 0 Å². The van der Waals surface area contributed by atoms with Gasteiger partial charge in [0, 0.05) is 6.42 Å². The number of ether oxygens (including phenoxy) is 2. The van der Waals surface area contributed by atoms with Crippen LogP contribution in [0.4, 0.5) is 0 Å². The number of hydrogen-bond acceptors (Lipinski definition) is 5. The number of nitrogens with zero attached hydrogens (tertiary/aromatic N) is 1. The molecule has 116 valence electrons. The topological polar surface area (TPSA) is 76.4 Å². The van der Waals surface area contributed by atoms with E-state index in [1.807, 2.05) is 13.8 Å². The lowest BCUT2D eigenvalue weighted by Gasteiger charge is -2.07. The van der Waals surface area contributed by atoms with Gasteiger partial charge in [-0.15, -0.1) is 0 Å². The molecule has 0 aliphatic carbocycles. The third-order valence-corrected chi connectivity index (χ3v) is 2.59. The molecule has 5 heteroatoms. The average Bonchev–Trinajstić information content (AvgIpc) is 2.44. The predicted octanol–water partition coefficient (Wildman–Crippen LogP) is 3.11. The van der Waals surface area contributed by atoms with Crippen LogP contribution >= 0.6 is 0 Å². The summed E-state index contributed by atoms with van der Waals surface area (Å²) in [5.41, 5.74) is 0.479. The van der Waals surface area contributed by atoms with Gasteiger partial charge in [-0.25, -0.2) is 4.79 Å². The second-order valence-corrected chi connectivity index (χ2v) is 5.03. The molecular formula is C17H19NO4. The van der Waals surface area contributed by atoms with Crippen LogP contribution in [0, 0.1) is 17.2 Å². The van der Waals surface area contributed by atoms with Gasteiger partial charge in [0.05, 0.1) is 6.61 Å². The van der Waals surface area contributed by atoms with Crippen molar-refractivity contribution in [3.05, 3.63) is 35.4 Å². The van der Waals surface area contributed by atoms with Gasteiger partial charge < -0.3 is 9.47 Å². The van der Waals surface area contributed by atoms with Gasteiger partial charge in [-0.1, -0.05) is 26.0 Å². The van der Waals surface area contributed by atoms with Gasteiger partial charge in [-0.2, -0.15) is 5.26 Å². The number of hydrogen-bond donors (Lipinski definition) is 0. The maximum atomic E-state index is 11.6. The van der Waals surface area contributed by atoms with Crippen molar-refractivity contribution in [2.45, 2.75) is 27.2 Å². The summed E-state index contributed by atoms with van der Waals surface area (Å²) >= 11 is 0. The van der Waals surface area contributed by atoms with E-state index in [9.17, 15) is 9.59 Å². The molecule has 1 aromatic rings. The molecule has 0 bridgehead atoms. The summed E-state index contributed by atoms with van der Waals surface area (Å²) in [4.78, 5) is 23.2. The zero-order valence-electron chi connectivity index (χ0n) is 13.0. The van der Waals surface area contributed by atoms with E-state index in [-0.39, 0.29) is 24.1 Å². The Morgan fingerprint density at radius 2 is 2.09 bits per heavy atom. The Kier molecular flexibility index (Phi) is 6.84. The molecule has 0 unspecified atom stereocenters. The van der Waals surface area contributed by atoms with Crippen molar-refractivity contribution in [2.75, 3.05) is 6.61 Å². The molecule has 5 nitrogen and oxygen atoms in total. The summed E-state index contributed by atoms with van der Waals surface area (Å²) in [6, 6.07) is 8.43. The van der Waals surface area contributed by atoms with Crippen LogP contribution in [0.5, 0.6) is 5.75 Å². The van der Waals surface area contributed by atoms with Crippen LogP contribution in [-0.4, -0.2) is 18.5 Å². The SMILES string of the molecule is CCOC(=O)/C(C#N)=C/c1cccc(OC(=O)CC(C)C)c1. The highest BCUT2D eigenvalue weighted by molar-refractivity contribution is 5.97. The van der Waals surface area contributed by atoms with Crippen molar-refractivity contribution in [2.24, 2.45) is 5.92 Å². The maximum absolute atomic E-state index is 11.6. The van der Waals surface area contributed by atoms with E-state index in [1.54, 1.807) is 37.3 Å². The minimum Gasteiger partial charge on any atom is -0.462 e. The molecule has 1 aromatic carbocycles. The van der Waals surface area contributed by atoms with Crippen molar-refractivity contribution in [3.63, 3.8) is 0 Å². The number of esters is 2. The van der Waals surface area contributed by atoms with Crippen molar-refractivity contribution < 1.29 is 19.1 Å². The van der Waals surface area contributed by atoms with E-state index in [4.69, 9.17) is 14.7 Å². The molecular weight excluding hydrogens is 282 g/mol. The molecule has 1 rings (SSSR count). The van der Waals surface area contributed by atoms with Gasteiger partial charge in [-0.3, -0.25) is 4.79 Å². The normalized spacial score (nSPS) is 11.0. The zero-order valence-corrected chi connectivity index (χ0v) is 13.0. The van der Waals surface area contributed by atoms with Crippen LogP contribution in [0.3, 0.4) is 0 Å². The summed E-state index contributed by atoms with van der Waals surface area (Å²) in [5.74, 6) is -0.403. The molecule has 0 saturated carbocycles. The van der Waals surface area contributed by atoms with E-state index in [1.165, 1.54) is 6.08 Å². The van der Waals surface area contributed by atoms with Crippen LogP contribution < -0.4 is 4.74 Å². The van der Waals surface area contributed by atoms with Crippen molar-refractivity contribution in [3.8, 4) is 11.8 Å². The minimum absolute atomic E-state index is 0.104. The fourth-order valence-electron chi connectivity index (χ4n) is 1.69. The van der Waals surface area contributed by atoms with Crippen molar-refractivity contribution >= 4 is 18.0 Å². The lowest BCUT2D eigenvalue weighted by atomic mass is 10.1. The van der Waals surface area contributed by atoms with Crippen LogP contribution in [0.15, 0.2) is 29.8 Å². The highest BCUT2D eigenvalue weighted by Gasteiger charge is 2.11. The molecule has 0 aliphatic heterocycles. The summed E-state index contributed by atoms with van der Waals surface area (Å²) in [7, 11) is 0. The monoisotopic (exact) mass is 301 g/mol. The lowest BCUT2D eigenvalue weighted by Crippen LogP contribution is -2.10. The second-order valence-electron chi connectivity index (χ2n) is 5.03. The fourth-order valence-corrected chi connectivity index (χ4v) is 1.69. The number of carbonyl (C=O) groups excluding carboxylic acids is 2. The lowest BCUT2D eigenvalue weighted by molar-refractivity contribution is -0.138. The fraction of sp³-hybridized carbons (Fsp3) is 0.353. The quantitative estimate of drug-likeness (QED) is 0.349. The van der Waals surface area contributed by atoms with Crippen LogP contribution in [0.1, 0.15) is 32.8 Å². The number of nitriles is 1. The Morgan fingerprint density at radius 3 is 2.68 bits per heavy atom. The first-order chi connectivity index (χ1) is 10.5. The highest BCUT2D eigenvalue weighted by atomic mass is 16.5. The smallest absolute Gasteiger partial charge is 0.348 e. The number of rotatable bonds is 6. The van der Waals surface area contributed by atoms with Crippen molar-refractivity contribution in [1.29, 1.82) is 5.26 Å². The second kappa shape index (κ2) is 8.63.